The maximum atomic E-state index is 13.8. The third-order valence-electron chi connectivity index (χ3n) is 6.65. The Labute approximate surface area is 196 Å². The Morgan fingerprint density at radius 2 is 1.33 bits per heavy atom. The molecule has 33 heavy (non-hydrogen) atoms. The number of hydrogen-bond donors (Lipinski definition) is 1. The molecule has 1 fully saturated rings. The first-order valence-electron chi connectivity index (χ1n) is 11.7. The van der Waals surface area contributed by atoms with Gasteiger partial charge in [-0.25, -0.2) is 0 Å². The summed E-state index contributed by atoms with van der Waals surface area (Å²) < 4.78 is 5.24. The lowest BCUT2D eigenvalue weighted by molar-refractivity contribution is -0.149. The number of ketones is 1. The summed E-state index contributed by atoms with van der Waals surface area (Å²) in [5.74, 6) is -0.322. The van der Waals surface area contributed by atoms with Gasteiger partial charge in [0.25, 0.3) is 0 Å². The van der Waals surface area contributed by atoms with Crippen molar-refractivity contribution in [2.75, 3.05) is 13.2 Å². The molecule has 1 heterocycles. The molecule has 3 aromatic rings. The molecule has 1 aliphatic heterocycles. The Bertz CT molecular complexity index is 953. The van der Waals surface area contributed by atoms with Gasteiger partial charge in [0.2, 0.25) is 0 Å². The van der Waals surface area contributed by atoms with Gasteiger partial charge in [-0.15, -0.1) is 0 Å². The van der Waals surface area contributed by atoms with E-state index in [1.54, 1.807) is 0 Å². The van der Waals surface area contributed by atoms with Crippen LogP contribution in [0.2, 0.25) is 0 Å². The fraction of sp³-hybridized carbons (Fsp3) is 0.310. The van der Waals surface area contributed by atoms with E-state index in [4.69, 9.17) is 4.74 Å². The second-order valence-corrected chi connectivity index (χ2v) is 8.63. The van der Waals surface area contributed by atoms with Crippen LogP contribution in [0.3, 0.4) is 0 Å². The largest absolute Gasteiger partial charge is 0.466 e. The number of piperidine rings is 1. The van der Waals surface area contributed by atoms with Gasteiger partial charge in [-0.2, -0.15) is 0 Å². The van der Waals surface area contributed by atoms with Crippen molar-refractivity contribution in [1.29, 1.82) is 0 Å². The highest BCUT2D eigenvalue weighted by Crippen LogP contribution is 2.43. The Kier molecular flexibility index (Phi) is 7.36. The molecule has 0 spiro atoms. The fourth-order valence-electron chi connectivity index (χ4n) is 5.00. The molecule has 0 bridgehead atoms. The van der Waals surface area contributed by atoms with Crippen LogP contribution in [-0.2, 0) is 19.7 Å². The molecule has 1 N–H and O–H groups in total. The second-order valence-electron chi connectivity index (χ2n) is 8.63. The van der Waals surface area contributed by atoms with E-state index in [1.807, 2.05) is 61.5 Å². The minimum atomic E-state index is -0.626. The normalized spacial score (nSPS) is 18.5. The van der Waals surface area contributed by atoms with Crippen LogP contribution in [0.15, 0.2) is 91.0 Å². The van der Waals surface area contributed by atoms with Gasteiger partial charge in [0.15, 0.2) is 5.78 Å². The van der Waals surface area contributed by atoms with E-state index in [-0.39, 0.29) is 23.7 Å². The van der Waals surface area contributed by atoms with Crippen LogP contribution >= 0.6 is 0 Å². The van der Waals surface area contributed by atoms with Crippen molar-refractivity contribution in [3.05, 3.63) is 108 Å². The van der Waals surface area contributed by atoms with E-state index in [0.717, 1.165) is 16.7 Å². The zero-order valence-corrected chi connectivity index (χ0v) is 19.1. The maximum Gasteiger partial charge on any atom is 0.309 e. The van der Waals surface area contributed by atoms with E-state index in [2.05, 4.69) is 41.7 Å². The van der Waals surface area contributed by atoms with Crippen LogP contribution < -0.4 is 5.32 Å². The van der Waals surface area contributed by atoms with Gasteiger partial charge in [-0.05, 0) is 43.0 Å². The number of nitrogens with one attached hydrogen (secondary N) is 1. The minimum absolute atomic E-state index is 0.112. The van der Waals surface area contributed by atoms with Gasteiger partial charge in [0.05, 0.1) is 24.0 Å². The zero-order chi connectivity index (χ0) is 23.1. The monoisotopic (exact) mass is 441 g/mol. The summed E-state index contributed by atoms with van der Waals surface area (Å²) in [6, 6.07) is 30.4. The molecule has 2 atom stereocenters. The first kappa shape index (κ1) is 22.9. The van der Waals surface area contributed by atoms with E-state index < -0.39 is 5.41 Å². The van der Waals surface area contributed by atoms with Gasteiger partial charge >= 0.3 is 5.97 Å². The molecule has 2 unspecified atom stereocenters. The molecule has 1 aliphatic rings. The molecule has 0 amide bonds. The average Bonchev–Trinajstić information content (AvgIpc) is 2.89. The number of carbonyl (C=O) groups is 2. The highest BCUT2D eigenvalue weighted by Gasteiger charge is 2.41. The molecule has 0 aliphatic carbocycles. The van der Waals surface area contributed by atoms with Crippen LogP contribution in [0.1, 0.15) is 42.9 Å². The molecular formula is C29H31NO3. The lowest BCUT2D eigenvalue weighted by atomic mass is 9.65. The smallest absolute Gasteiger partial charge is 0.309 e. The van der Waals surface area contributed by atoms with E-state index in [0.29, 0.717) is 32.4 Å². The Morgan fingerprint density at radius 3 is 1.79 bits per heavy atom. The highest BCUT2D eigenvalue weighted by atomic mass is 16.5. The Balaban J connectivity index is 1.74. The quantitative estimate of drug-likeness (QED) is 0.399. The van der Waals surface area contributed by atoms with Gasteiger partial charge in [-0.3, -0.25) is 9.59 Å². The fourth-order valence-corrected chi connectivity index (χ4v) is 5.00. The van der Waals surface area contributed by atoms with E-state index in [1.165, 1.54) is 0 Å². The van der Waals surface area contributed by atoms with Gasteiger partial charge < -0.3 is 10.1 Å². The predicted molar refractivity (Wildman–Crippen MR) is 130 cm³/mol. The van der Waals surface area contributed by atoms with Crippen molar-refractivity contribution in [3.8, 4) is 0 Å². The summed E-state index contributed by atoms with van der Waals surface area (Å²) in [6.45, 7) is 2.81. The van der Waals surface area contributed by atoms with Crippen LogP contribution in [0, 0.1) is 5.92 Å². The van der Waals surface area contributed by atoms with Crippen molar-refractivity contribution in [2.24, 2.45) is 5.92 Å². The van der Waals surface area contributed by atoms with Gasteiger partial charge in [-0.1, -0.05) is 91.0 Å². The molecule has 1 saturated heterocycles. The standard InChI is InChI=1S/C29H31NO3/c1-2-33-28(32)22-18-19-30-26(20-22)27(31)21-29(23-12-6-3-7-13-23,24-14-8-4-9-15-24)25-16-10-5-11-17-25/h3-17,22,26,30H,2,18-21H2,1H3. The van der Waals surface area contributed by atoms with Gasteiger partial charge in [0, 0.05) is 6.42 Å². The number of esters is 1. The molecule has 3 aromatic carbocycles. The predicted octanol–water partition coefficient (Wildman–Crippen LogP) is 4.91. The summed E-state index contributed by atoms with van der Waals surface area (Å²) in [5.41, 5.74) is 2.61. The van der Waals surface area contributed by atoms with Crippen molar-refractivity contribution in [3.63, 3.8) is 0 Å². The third kappa shape index (κ3) is 4.91. The van der Waals surface area contributed by atoms with Crippen molar-refractivity contribution >= 4 is 11.8 Å². The summed E-state index contributed by atoms with van der Waals surface area (Å²) >= 11 is 0. The number of carbonyl (C=O) groups excluding carboxylic acids is 2. The highest BCUT2D eigenvalue weighted by molar-refractivity contribution is 5.88. The van der Waals surface area contributed by atoms with Crippen molar-refractivity contribution < 1.29 is 14.3 Å². The first-order chi connectivity index (χ1) is 16.1. The topological polar surface area (TPSA) is 55.4 Å². The first-order valence-corrected chi connectivity index (χ1v) is 11.7. The van der Waals surface area contributed by atoms with Crippen LogP contribution in [0.4, 0.5) is 0 Å². The summed E-state index contributed by atoms with van der Waals surface area (Å²) in [4.78, 5) is 26.2. The number of rotatable bonds is 8. The number of hydrogen-bond acceptors (Lipinski definition) is 4. The number of ether oxygens (including phenoxy) is 1. The molecular weight excluding hydrogens is 410 g/mol. The number of Topliss-reactive ketones (excluding diaryl/α,β-unsaturated/α-hetero) is 1. The lowest BCUT2D eigenvalue weighted by Gasteiger charge is -2.37. The molecule has 0 aromatic heterocycles. The maximum absolute atomic E-state index is 13.8. The van der Waals surface area contributed by atoms with E-state index >= 15 is 0 Å². The SMILES string of the molecule is CCOC(=O)C1CCNC(C(=O)CC(c2ccccc2)(c2ccccc2)c2ccccc2)C1. The van der Waals surface area contributed by atoms with Crippen LogP contribution in [-0.4, -0.2) is 30.9 Å². The van der Waals surface area contributed by atoms with Crippen LogP contribution in [0.25, 0.3) is 0 Å². The van der Waals surface area contributed by atoms with Gasteiger partial charge in [0.1, 0.15) is 0 Å². The Hall–Kier alpha value is -3.24. The number of benzene rings is 3. The summed E-state index contributed by atoms with van der Waals surface area (Å²) in [7, 11) is 0. The van der Waals surface area contributed by atoms with Crippen molar-refractivity contribution in [1.82, 2.24) is 5.32 Å². The van der Waals surface area contributed by atoms with E-state index in [9.17, 15) is 9.59 Å². The summed E-state index contributed by atoms with van der Waals surface area (Å²) in [6.07, 6.45) is 1.48. The van der Waals surface area contributed by atoms with Crippen LogP contribution in [0.5, 0.6) is 0 Å². The molecule has 4 heteroatoms. The third-order valence-corrected chi connectivity index (χ3v) is 6.65. The molecule has 4 rings (SSSR count). The molecule has 4 nitrogen and oxygen atoms in total. The minimum Gasteiger partial charge on any atom is -0.466 e. The second kappa shape index (κ2) is 10.6. The molecule has 170 valence electrons. The average molecular weight is 442 g/mol. The zero-order valence-electron chi connectivity index (χ0n) is 19.1. The Morgan fingerprint density at radius 1 is 0.848 bits per heavy atom. The summed E-state index contributed by atoms with van der Waals surface area (Å²) in [5, 5.41) is 3.37. The lowest BCUT2D eigenvalue weighted by Crippen LogP contribution is -2.47. The molecule has 0 saturated carbocycles. The molecule has 0 radical (unpaired) electrons. The van der Waals surface area contributed by atoms with Crippen molar-refractivity contribution in [2.45, 2.75) is 37.6 Å².